The average molecular weight is 157 g/mol. The van der Waals surface area contributed by atoms with E-state index in [-0.39, 0.29) is 0 Å². The van der Waals surface area contributed by atoms with Crippen LogP contribution in [0.4, 0.5) is 0 Å². The summed E-state index contributed by atoms with van der Waals surface area (Å²) in [6.45, 7) is 0. The first kappa shape index (κ1) is 5.89. The maximum absolute atomic E-state index is 5.56. The zero-order valence-electron chi connectivity index (χ0n) is 6.40. The van der Waals surface area contributed by atoms with Crippen LogP contribution in [0.1, 0.15) is 0 Å². The lowest BCUT2D eigenvalue weighted by Crippen LogP contribution is -1.73. The maximum Gasteiger partial charge on any atom is 0.204 e. The predicted octanol–water partition coefficient (Wildman–Crippen LogP) is 2.69. The first-order valence-corrected chi connectivity index (χ1v) is 3.90. The molecule has 2 aromatic heterocycles. The standard InChI is InChI=1S/C10H7NO/c1-2-5-9-8(4-1)11-7-3-6-10(11)12-9/h1-7H. The quantitative estimate of drug-likeness (QED) is 0.490. The van der Waals surface area contributed by atoms with Crippen LogP contribution in [0, 0.1) is 0 Å². The molecule has 0 atom stereocenters. The van der Waals surface area contributed by atoms with Gasteiger partial charge in [0.25, 0.3) is 0 Å². The number of nitrogens with zero attached hydrogens (tertiary/aromatic N) is 1. The van der Waals surface area contributed by atoms with Crippen molar-refractivity contribution in [3.63, 3.8) is 0 Å². The third kappa shape index (κ3) is 0.593. The summed E-state index contributed by atoms with van der Waals surface area (Å²) in [5, 5.41) is 0. The van der Waals surface area contributed by atoms with E-state index >= 15 is 0 Å². The van der Waals surface area contributed by atoms with Crippen LogP contribution in [0.15, 0.2) is 47.0 Å². The summed E-state index contributed by atoms with van der Waals surface area (Å²) in [5.74, 6) is 0. The van der Waals surface area contributed by atoms with Crippen LogP contribution in [0.2, 0.25) is 0 Å². The second-order valence-corrected chi connectivity index (χ2v) is 2.79. The lowest BCUT2D eigenvalue weighted by Gasteiger charge is -1.85. The first-order chi connectivity index (χ1) is 5.95. The van der Waals surface area contributed by atoms with Gasteiger partial charge in [0.1, 0.15) is 0 Å². The van der Waals surface area contributed by atoms with Gasteiger partial charge in [0.15, 0.2) is 5.58 Å². The molecule has 2 heterocycles. The molecule has 0 spiro atoms. The van der Waals surface area contributed by atoms with E-state index < -0.39 is 0 Å². The van der Waals surface area contributed by atoms with Crippen molar-refractivity contribution in [3.8, 4) is 0 Å². The molecule has 2 heteroatoms. The molecule has 0 aliphatic carbocycles. The van der Waals surface area contributed by atoms with Crippen LogP contribution in [-0.4, -0.2) is 4.40 Å². The number of hydrogen-bond acceptors (Lipinski definition) is 1. The molecular formula is C10H7NO. The Bertz CT molecular complexity index is 532. The van der Waals surface area contributed by atoms with Gasteiger partial charge in [-0.15, -0.1) is 0 Å². The lowest BCUT2D eigenvalue weighted by atomic mass is 10.3. The average Bonchev–Trinajstić information content (AvgIpc) is 2.62. The van der Waals surface area contributed by atoms with Gasteiger partial charge in [0.2, 0.25) is 5.71 Å². The Morgan fingerprint density at radius 1 is 1.00 bits per heavy atom. The fourth-order valence-electron chi connectivity index (χ4n) is 1.50. The van der Waals surface area contributed by atoms with Crippen molar-refractivity contribution in [3.05, 3.63) is 42.6 Å². The lowest BCUT2D eigenvalue weighted by molar-refractivity contribution is 0.656. The second-order valence-electron chi connectivity index (χ2n) is 2.79. The van der Waals surface area contributed by atoms with Gasteiger partial charge in [0.05, 0.1) is 5.52 Å². The highest BCUT2D eigenvalue weighted by molar-refractivity contribution is 5.77. The van der Waals surface area contributed by atoms with Crippen LogP contribution < -0.4 is 0 Å². The van der Waals surface area contributed by atoms with Gasteiger partial charge in [-0.2, -0.15) is 0 Å². The highest BCUT2D eigenvalue weighted by atomic mass is 16.3. The zero-order chi connectivity index (χ0) is 7.97. The summed E-state index contributed by atoms with van der Waals surface area (Å²) in [4.78, 5) is 0. The first-order valence-electron chi connectivity index (χ1n) is 3.90. The van der Waals surface area contributed by atoms with Crippen molar-refractivity contribution in [1.82, 2.24) is 4.40 Å². The van der Waals surface area contributed by atoms with Crippen molar-refractivity contribution in [2.24, 2.45) is 0 Å². The molecule has 58 valence electrons. The van der Waals surface area contributed by atoms with E-state index in [0.29, 0.717) is 0 Å². The zero-order valence-corrected chi connectivity index (χ0v) is 6.40. The molecule has 2 nitrogen and oxygen atoms in total. The van der Waals surface area contributed by atoms with Gasteiger partial charge in [-0.25, -0.2) is 0 Å². The Balaban J connectivity index is 2.68. The number of oxazole rings is 1. The molecule has 0 bridgehead atoms. The Labute approximate surface area is 69.0 Å². The Kier molecular flexibility index (Phi) is 0.939. The third-order valence-corrected chi connectivity index (χ3v) is 2.05. The Morgan fingerprint density at radius 2 is 1.92 bits per heavy atom. The SMILES string of the molecule is c1ccc2c(c1)oc1cccn12. The molecule has 0 N–H and O–H groups in total. The normalized spacial score (nSPS) is 11.3. The van der Waals surface area contributed by atoms with Gasteiger partial charge in [-0.3, -0.25) is 4.40 Å². The van der Waals surface area contributed by atoms with Crippen LogP contribution in [0.25, 0.3) is 16.8 Å². The minimum absolute atomic E-state index is 0.899. The predicted molar refractivity (Wildman–Crippen MR) is 47.2 cm³/mol. The smallest absolute Gasteiger partial charge is 0.204 e. The highest BCUT2D eigenvalue weighted by Gasteiger charge is 2.02. The topological polar surface area (TPSA) is 17.6 Å². The second kappa shape index (κ2) is 1.91. The molecule has 0 radical (unpaired) electrons. The van der Waals surface area contributed by atoms with Crippen molar-refractivity contribution < 1.29 is 4.42 Å². The third-order valence-electron chi connectivity index (χ3n) is 2.05. The van der Waals surface area contributed by atoms with E-state index in [9.17, 15) is 0 Å². The largest absolute Gasteiger partial charge is 0.438 e. The molecule has 0 saturated carbocycles. The molecule has 3 aromatic rings. The van der Waals surface area contributed by atoms with E-state index in [1.54, 1.807) is 0 Å². The van der Waals surface area contributed by atoms with E-state index in [1.165, 1.54) is 0 Å². The molecule has 0 aliphatic heterocycles. The fraction of sp³-hybridized carbons (Fsp3) is 0. The molecule has 0 unspecified atom stereocenters. The molecule has 12 heavy (non-hydrogen) atoms. The molecule has 0 amide bonds. The van der Waals surface area contributed by atoms with E-state index in [1.807, 2.05) is 47.0 Å². The molecular weight excluding hydrogens is 150 g/mol. The monoisotopic (exact) mass is 157 g/mol. The van der Waals surface area contributed by atoms with Crippen LogP contribution in [0.3, 0.4) is 0 Å². The van der Waals surface area contributed by atoms with Crippen LogP contribution >= 0.6 is 0 Å². The van der Waals surface area contributed by atoms with Gasteiger partial charge < -0.3 is 4.42 Å². The van der Waals surface area contributed by atoms with E-state index in [2.05, 4.69) is 0 Å². The van der Waals surface area contributed by atoms with Crippen molar-refractivity contribution in [1.29, 1.82) is 0 Å². The van der Waals surface area contributed by atoms with Crippen LogP contribution in [0.5, 0.6) is 0 Å². The summed E-state index contributed by atoms with van der Waals surface area (Å²) in [7, 11) is 0. The molecule has 0 aliphatic rings. The van der Waals surface area contributed by atoms with Crippen LogP contribution in [-0.2, 0) is 0 Å². The van der Waals surface area contributed by atoms with E-state index in [4.69, 9.17) is 4.42 Å². The summed E-state index contributed by atoms with van der Waals surface area (Å²) in [6.07, 6.45) is 2.00. The maximum atomic E-state index is 5.56. The summed E-state index contributed by atoms with van der Waals surface area (Å²) in [6, 6.07) is 11.9. The summed E-state index contributed by atoms with van der Waals surface area (Å²) in [5.41, 5.74) is 2.96. The fourth-order valence-corrected chi connectivity index (χ4v) is 1.50. The van der Waals surface area contributed by atoms with Crippen molar-refractivity contribution in [2.75, 3.05) is 0 Å². The van der Waals surface area contributed by atoms with Gasteiger partial charge in [0, 0.05) is 12.3 Å². The van der Waals surface area contributed by atoms with Gasteiger partial charge in [-0.05, 0) is 18.2 Å². The van der Waals surface area contributed by atoms with Gasteiger partial charge >= 0.3 is 0 Å². The molecule has 0 fully saturated rings. The van der Waals surface area contributed by atoms with Gasteiger partial charge in [-0.1, -0.05) is 12.1 Å². The highest BCUT2D eigenvalue weighted by Crippen LogP contribution is 2.19. The number of para-hydroxylation sites is 2. The van der Waals surface area contributed by atoms with Crippen molar-refractivity contribution >= 4 is 16.8 Å². The number of rotatable bonds is 0. The Morgan fingerprint density at radius 3 is 2.92 bits per heavy atom. The molecule has 1 aromatic carbocycles. The number of fused-ring (bicyclic) bond motifs is 3. The Hall–Kier alpha value is -1.70. The molecule has 3 rings (SSSR count). The van der Waals surface area contributed by atoms with E-state index in [0.717, 1.165) is 16.8 Å². The number of aromatic nitrogens is 1. The minimum Gasteiger partial charge on any atom is -0.438 e. The summed E-state index contributed by atoms with van der Waals surface area (Å²) < 4.78 is 7.59. The summed E-state index contributed by atoms with van der Waals surface area (Å²) >= 11 is 0. The number of hydrogen-bond donors (Lipinski definition) is 0. The van der Waals surface area contributed by atoms with Crippen molar-refractivity contribution in [2.45, 2.75) is 0 Å². The number of benzene rings is 1. The minimum atomic E-state index is 0.899. The molecule has 0 saturated heterocycles.